The molecule has 0 N–H and O–H groups in total. The van der Waals surface area contributed by atoms with Crippen molar-refractivity contribution in [3.63, 3.8) is 0 Å². The molecule has 0 spiro atoms. The zero-order valence-corrected chi connectivity index (χ0v) is 11.9. The van der Waals surface area contributed by atoms with Crippen LogP contribution in [0.15, 0.2) is 6.07 Å². The lowest BCUT2D eigenvalue weighted by Gasteiger charge is -2.31. The Hall–Kier alpha value is -1.51. The third kappa shape index (κ3) is 1.67. The van der Waals surface area contributed by atoms with Crippen molar-refractivity contribution < 1.29 is 14.3 Å². The molecule has 1 saturated heterocycles. The van der Waals surface area contributed by atoms with Crippen LogP contribution in [0.25, 0.3) is 0 Å². The van der Waals surface area contributed by atoms with Crippen LogP contribution in [0.4, 0.5) is 0 Å². The van der Waals surface area contributed by atoms with Gasteiger partial charge in [-0.3, -0.25) is 4.79 Å². The fourth-order valence-corrected chi connectivity index (χ4v) is 3.63. The second kappa shape index (κ2) is 4.26. The van der Waals surface area contributed by atoms with Crippen LogP contribution in [-0.2, 0) is 16.0 Å². The SMILES string of the molecule is COc1cc(C)c2c(c1C)C1OC(=O)C(C)C1CC2. The summed E-state index contributed by atoms with van der Waals surface area (Å²) in [7, 11) is 1.69. The topological polar surface area (TPSA) is 35.5 Å². The standard InChI is InChI=1S/C16H20O3/c1-8-7-13(18-4)10(3)14-11(8)5-6-12-9(2)16(17)19-15(12)14/h7,9,12,15H,5-6H2,1-4H3. The number of benzene rings is 1. The minimum absolute atomic E-state index is 0.0176. The molecule has 0 radical (unpaired) electrons. The van der Waals surface area contributed by atoms with Crippen molar-refractivity contribution in [1.82, 2.24) is 0 Å². The number of methoxy groups -OCH3 is 1. The van der Waals surface area contributed by atoms with Crippen molar-refractivity contribution in [3.8, 4) is 5.75 Å². The van der Waals surface area contributed by atoms with Crippen LogP contribution in [0.1, 0.15) is 41.7 Å². The van der Waals surface area contributed by atoms with Crippen molar-refractivity contribution >= 4 is 5.97 Å². The van der Waals surface area contributed by atoms with Crippen LogP contribution < -0.4 is 4.74 Å². The molecule has 3 atom stereocenters. The number of ether oxygens (including phenoxy) is 2. The van der Waals surface area contributed by atoms with Gasteiger partial charge in [-0.15, -0.1) is 0 Å². The van der Waals surface area contributed by atoms with Gasteiger partial charge in [0.15, 0.2) is 0 Å². The molecule has 0 saturated carbocycles. The van der Waals surface area contributed by atoms with E-state index in [-0.39, 0.29) is 18.0 Å². The summed E-state index contributed by atoms with van der Waals surface area (Å²) in [5, 5.41) is 0. The first-order valence-corrected chi connectivity index (χ1v) is 6.92. The summed E-state index contributed by atoms with van der Waals surface area (Å²) in [6.45, 7) is 6.16. The smallest absolute Gasteiger partial charge is 0.309 e. The molecule has 2 aliphatic rings. The predicted octanol–water partition coefficient (Wildman–Crippen LogP) is 3.11. The van der Waals surface area contributed by atoms with Crippen molar-refractivity contribution in [2.24, 2.45) is 11.8 Å². The minimum Gasteiger partial charge on any atom is -0.496 e. The largest absolute Gasteiger partial charge is 0.496 e. The molecule has 1 aliphatic heterocycles. The molecular weight excluding hydrogens is 240 g/mol. The van der Waals surface area contributed by atoms with Crippen molar-refractivity contribution in [1.29, 1.82) is 0 Å². The normalized spacial score (nSPS) is 28.6. The molecule has 1 aromatic carbocycles. The van der Waals surface area contributed by atoms with Gasteiger partial charge in [-0.25, -0.2) is 0 Å². The number of hydrogen-bond donors (Lipinski definition) is 0. The zero-order chi connectivity index (χ0) is 13.7. The summed E-state index contributed by atoms with van der Waals surface area (Å²) < 4.78 is 11.1. The first kappa shape index (κ1) is 12.5. The summed E-state index contributed by atoms with van der Waals surface area (Å²) in [4.78, 5) is 11.8. The lowest BCUT2D eigenvalue weighted by Crippen LogP contribution is -2.22. The predicted molar refractivity (Wildman–Crippen MR) is 72.3 cm³/mol. The fourth-order valence-electron chi connectivity index (χ4n) is 3.63. The van der Waals surface area contributed by atoms with E-state index < -0.39 is 0 Å². The molecule has 3 rings (SSSR count). The maximum Gasteiger partial charge on any atom is 0.309 e. The van der Waals surface area contributed by atoms with Crippen LogP contribution in [0.2, 0.25) is 0 Å². The van der Waals surface area contributed by atoms with Gasteiger partial charge < -0.3 is 9.47 Å². The highest BCUT2D eigenvalue weighted by atomic mass is 16.6. The molecule has 1 fully saturated rings. The van der Waals surface area contributed by atoms with Gasteiger partial charge in [-0.1, -0.05) is 6.92 Å². The molecule has 3 heteroatoms. The summed E-state index contributed by atoms with van der Waals surface area (Å²) in [6.07, 6.45) is 2.01. The van der Waals surface area contributed by atoms with E-state index in [2.05, 4.69) is 19.9 Å². The summed E-state index contributed by atoms with van der Waals surface area (Å²) >= 11 is 0. The highest BCUT2D eigenvalue weighted by Crippen LogP contribution is 2.49. The van der Waals surface area contributed by atoms with Crippen molar-refractivity contribution in [2.45, 2.75) is 39.7 Å². The van der Waals surface area contributed by atoms with Crippen LogP contribution in [0.3, 0.4) is 0 Å². The van der Waals surface area contributed by atoms with E-state index in [9.17, 15) is 4.79 Å². The van der Waals surface area contributed by atoms with E-state index in [1.807, 2.05) is 6.92 Å². The van der Waals surface area contributed by atoms with Crippen LogP contribution >= 0.6 is 0 Å². The van der Waals surface area contributed by atoms with Gasteiger partial charge in [0.25, 0.3) is 0 Å². The quantitative estimate of drug-likeness (QED) is 0.728. The first-order valence-electron chi connectivity index (χ1n) is 6.92. The number of aryl methyl sites for hydroxylation is 1. The lowest BCUT2D eigenvalue weighted by atomic mass is 9.74. The van der Waals surface area contributed by atoms with Gasteiger partial charge in [-0.05, 0) is 49.4 Å². The van der Waals surface area contributed by atoms with Crippen LogP contribution in [-0.4, -0.2) is 13.1 Å². The highest BCUT2D eigenvalue weighted by Gasteiger charge is 2.46. The van der Waals surface area contributed by atoms with E-state index in [1.54, 1.807) is 7.11 Å². The van der Waals surface area contributed by atoms with E-state index in [4.69, 9.17) is 9.47 Å². The van der Waals surface area contributed by atoms with Crippen molar-refractivity contribution in [2.75, 3.05) is 7.11 Å². The second-order valence-corrected chi connectivity index (χ2v) is 5.76. The third-order valence-corrected chi connectivity index (χ3v) is 4.80. The molecule has 0 bridgehead atoms. The van der Waals surface area contributed by atoms with Crippen molar-refractivity contribution in [3.05, 3.63) is 28.3 Å². The molecule has 1 heterocycles. The summed E-state index contributed by atoms with van der Waals surface area (Å²) in [6, 6.07) is 2.09. The number of hydrogen-bond acceptors (Lipinski definition) is 3. The van der Waals surface area contributed by atoms with Gasteiger partial charge in [0, 0.05) is 11.5 Å². The number of carbonyl (C=O) groups excluding carboxylic acids is 1. The molecule has 1 aliphatic carbocycles. The molecule has 0 amide bonds. The van der Waals surface area contributed by atoms with Gasteiger partial charge in [0.1, 0.15) is 11.9 Å². The number of carbonyl (C=O) groups is 1. The second-order valence-electron chi connectivity index (χ2n) is 5.76. The van der Waals surface area contributed by atoms with E-state index >= 15 is 0 Å². The maximum absolute atomic E-state index is 11.8. The Morgan fingerprint density at radius 1 is 1.37 bits per heavy atom. The molecule has 1 aromatic rings. The van der Waals surface area contributed by atoms with E-state index in [1.165, 1.54) is 16.7 Å². The average molecular weight is 260 g/mol. The van der Waals surface area contributed by atoms with Gasteiger partial charge in [0.05, 0.1) is 13.0 Å². The number of fused-ring (bicyclic) bond motifs is 3. The minimum atomic E-state index is -0.0694. The number of esters is 1. The zero-order valence-electron chi connectivity index (χ0n) is 11.9. The Morgan fingerprint density at radius 2 is 2.11 bits per heavy atom. The van der Waals surface area contributed by atoms with Gasteiger partial charge in [-0.2, -0.15) is 0 Å². The molecule has 102 valence electrons. The van der Waals surface area contributed by atoms with E-state index in [0.29, 0.717) is 5.92 Å². The van der Waals surface area contributed by atoms with Crippen LogP contribution in [0, 0.1) is 25.7 Å². The Bertz CT molecular complexity index is 547. The van der Waals surface area contributed by atoms with Crippen LogP contribution in [0.5, 0.6) is 5.75 Å². The molecule has 19 heavy (non-hydrogen) atoms. The summed E-state index contributed by atoms with van der Waals surface area (Å²) in [5.41, 5.74) is 4.92. The fraction of sp³-hybridized carbons (Fsp3) is 0.562. The number of rotatable bonds is 1. The van der Waals surface area contributed by atoms with Gasteiger partial charge >= 0.3 is 5.97 Å². The highest BCUT2D eigenvalue weighted by molar-refractivity contribution is 5.76. The first-order chi connectivity index (χ1) is 9.04. The molecular formula is C16H20O3. The maximum atomic E-state index is 11.8. The molecule has 3 nitrogen and oxygen atoms in total. The average Bonchev–Trinajstić information content (AvgIpc) is 2.69. The van der Waals surface area contributed by atoms with Gasteiger partial charge in [0.2, 0.25) is 0 Å². The Morgan fingerprint density at radius 3 is 2.79 bits per heavy atom. The Balaban J connectivity index is 2.17. The summed E-state index contributed by atoms with van der Waals surface area (Å²) in [5.74, 6) is 1.18. The van der Waals surface area contributed by atoms with E-state index in [0.717, 1.165) is 24.2 Å². The lowest BCUT2D eigenvalue weighted by molar-refractivity contribution is -0.144. The Kier molecular flexibility index (Phi) is 2.80. The third-order valence-electron chi connectivity index (χ3n) is 4.80. The molecule has 3 unspecified atom stereocenters. The Labute approximate surface area is 113 Å². The molecule has 0 aromatic heterocycles. The monoisotopic (exact) mass is 260 g/mol.